The van der Waals surface area contributed by atoms with Crippen LogP contribution < -0.4 is 3.53 Å². The third kappa shape index (κ3) is 12.8. The molecule has 0 aromatic heterocycles. The highest BCUT2D eigenvalue weighted by molar-refractivity contribution is 14.1. The van der Waals surface area contributed by atoms with Crippen LogP contribution in [-0.2, 0) is 19.2 Å². The van der Waals surface area contributed by atoms with Crippen LogP contribution >= 0.6 is 44.5 Å². The fourth-order valence-corrected chi connectivity index (χ4v) is 3.49. The van der Waals surface area contributed by atoms with Crippen LogP contribution in [0.15, 0.2) is 0 Å². The first-order valence-corrected chi connectivity index (χ1v) is 11.0. The minimum Gasteiger partial charge on any atom is -0.432 e. The smallest absolute Gasteiger partial charge is 0.432 e. The molecule has 1 aliphatic heterocycles. The molecule has 7 nitrogen and oxygen atoms in total. The monoisotopic (exact) mass is 480 g/mol. The largest absolute Gasteiger partial charge is 0.533 e. The number of amides is 2. The molecule has 1 heterocycles. The van der Waals surface area contributed by atoms with Crippen LogP contribution in [0.3, 0.4) is 0 Å². The highest BCUT2D eigenvalue weighted by Gasteiger charge is 2.33. The maximum absolute atomic E-state index is 11.2. The molecule has 0 atom stereocenters. The summed E-state index contributed by atoms with van der Waals surface area (Å²) in [5, 5.41) is 0.469. The predicted octanol–water partition coefficient (Wildman–Crippen LogP) is 3.58. The molecule has 0 saturated carbocycles. The highest BCUT2D eigenvalue weighted by atomic mass is 127. The van der Waals surface area contributed by atoms with Gasteiger partial charge in [-0.1, -0.05) is 54.3 Å². The number of halogens is 1. The van der Waals surface area contributed by atoms with E-state index in [4.69, 9.17) is 4.74 Å². The van der Waals surface area contributed by atoms with Gasteiger partial charge in [-0.05, 0) is 0 Å². The number of nitrogens with one attached hydrogen (secondary N) is 1. The van der Waals surface area contributed by atoms with Crippen molar-refractivity contribution in [3.05, 3.63) is 0 Å². The summed E-state index contributed by atoms with van der Waals surface area (Å²) in [6.07, 6.45) is -0.879. The van der Waals surface area contributed by atoms with Crippen LogP contribution in [0.2, 0.25) is 0 Å². The van der Waals surface area contributed by atoms with E-state index >= 15 is 0 Å². The number of imide groups is 1. The van der Waals surface area contributed by atoms with Crippen LogP contribution in [0.4, 0.5) is 4.79 Å². The number of nitrogens with zero attached hydrogens (tertiary/aromatic N) is 1. The Bertz CT molecular complexity index is 332. The van der Waals surface area contributed by atoms with Gasteiger partial charge in [-0.15, -0.1) is 0 Å². The van der Waals surface area contributed by atoms with Crippen molar-refractivity contribution in [1.29, 1.82) is 0 Å². The second-order valence-electron chi connectivity index (χ2n) is 3.30. The molecule has 136 valence electrons. The molecule has 0 aromatic rings. The van der Waals surface area contributed by atoms with E-state index in [-0.39, 0.29) is 19.4 Å². The minimum absolute atomic E-state index is 0.0729. The van der Waals surface area contributed by atoms with E-state index < -0.39 is 18.0 Å². The summed E-state index contributed by atoms with van der Waals surface area (Å²) >= 11 is 2.07. The van der Waals surface area contributed by atoms with Crippen molar-refractivity contribution in [2.75, 3.05) is 24.7 Å². The summed E-state index contributed by atoms with van der Waals surface area (Å²) in [6, 6.07) is 0. The number of carbonyl (C=O) groups is 3. The molecule has 0 spiro atoms. The van der Waals surface area contributed by atoms with Crippen LogP contribution in [-0.4, -0.2) is 47.7 Å². The molecular weight excluding hydrogens is 455 g/mol. The number of hydroxylamine groups is 2. The molecule has 1 aliphatic rings. The van der Waals surface area contributed by atoms with E-state index in [0.29, 0.717) is 10.8 Å². The first-order valence-electron chi connectivity index (χ1n) is 7.43. The lowest BCUT2D eigenvalue weighted by atomic mass is 10.4. The predicted molar refractivity (Wildman–Crippen MR) is 103 cm³/mol. The normalized spacial score (nSPS) is 12.8. The Morgan fingerprint density at radius 2 is 1.65 bits per heavy atom. The van der Waals surface area contributed by atoms with E-state index in [2.05, 4.69) is 31.2 Å². The average Bonchev–Trinajstić information content (AvgIpc) is 2.89. The molecule has 0 unspecified atom stereocenters. The Kier molecular flexibility index (Phi) is 19.8. The van der Waals surface area contributed by atoms with Crippen molar-refractivity contribution >= 4 is 62.4 Å². The van der Waals surface area contributed by atoms with Crippen molar-refractivity contribution in [3.8, 4) is 0 Å². The first kappa shape index (κ1) is 25.0. The number of carbonyl (C=O) groups excluding carboxylic acids is 3. The zero-order chi connectivity index (χ0) is 18.1. The molecular formula is C13H25IN2O5S2. The van der Waals surface area contributed by atoms with Crippen molar-refractivity contribution in [2.24, 2.45) is 0 Å². The Morgan fingerprint density at radius 1 is 1.13 bits per heavy atom. The third-order valence-electron chi connectivity index (χ3n) is 1.92. The van der Waals surface area contributed by atoms with E-state index in [0.717, 1.165) is 12.3 Å². The van der Waals surface area contributed by atoms with Gasteiger partial charge in [-0.3, -0.25) is 18.0 Å². The zero-order valence-electron chi connectivity index (χ0n) is 13.9. The first-order chi connectivity index (χ1) is 11.1. The second-order valence-corrected chi connectivity index (χ2v) is 6.76. The van der Waals surface area contributed by atoms with Gasteiger partial charge in [0, 0.05) is 53.8 Å². The molecule has 2 amide bonds. The van der Waals surface area contributed by atoms with Gasteiger partial charge in [-0.25, -0.2) is 4.79 Å². The molecule has 1 N–H and O–H groups in total. The summed E-state index contributed by atoms with van der Waals surface area (Å²) in [7, 11) is 3.23. The van der Waals surface area contributed by atoms with Gasteiger partial charge < -0.3 is 4.74 Å². The number of ether oxygens (including phenoxy) is 1. The van der Waals surface area contributed by atoms with Crippen molar-refractivity contribution in [3.63, 3.8) is 0 Å². The van der Waals surface area contributed by atoms with E-state index in [1.807, 2.05) is 27.7 Å². The Labute approximate surface area is 159 Å². The third-order valence-corrected chi connectivity index (χ3v) is 4.83. The van der Waals surface area contributed by atoms with Gasteiger partial charge in [0.2, 0.25) is 0 Å². The number of hydrogen-bond donors (Lipinski definition) is 1. The van der Waals surface area contributed by atoms with E-state index in [1.54, 1.807) is 21.6 Å². The molecule has 1 saturated heterocycles. The summed E-state index contributed by atoms with van der Waals surface area (Å²) in [5.41, 5.74) is 0. The van der Waals surface area contributed by atoms with Crippen LogP contribution in [0.5, 0.6) is 0 Å². The fraction of sp³-hybridized carbons (Fsp3) is 0.769. The van der Waals surface area contributed by atoms with Crippen LogP contribution in [0.25, 0.3) is 0 Å². The van der Waals surface area contributed by atoms with Gasteiger partial charge >= 0.3 is 6.16 Å². The topological polar surface area (TPSA) is 84.9 Å². The van der Waals surface area contributed by atoms with Crippen molar-refractivity contribution in [2.45, 2.75) is 40.5 Å². The maximum Gasteiger partial charge on any atom is 0.533 e. The molecule has 0 aromatic carbocycles. The maximum atomic E-state index is 11.2. The summed E-state index contributed by atoms with van der Waals surface area (Å²) in [5.74, 6) is 0.536. The van der Waals surface area contributed by atoms with Gasteiger partial charge in [0.25, 0.3) is 11.8 Å². The summed E-state index contributed by atoms with van der Waals surface area (Å²) in [6.45, 7) is 9.07. The van der Waals surface area contributed by atoms with Crippen LogP contribution in [0.1, 0.15) is 40.5 Å². The van der Waals surface area contributed by atoms with Gasteiger partial charge in [0.15, 0.2) is 0 Å². The Balaban J connectivity index is 0. The lowest BCUT2D eigenvalue weighted by Gasteiger charge is -2.12. The molecule has 0 bridgehead atoms. The average molecular weight is 480 g/mol. The van der Waals surface area contributed by atoms with E-state index in [1.165, 1.54) is 0 Å². The highest BCUT2D eigenvalue weighted by Crippen LogP contribution is 2.20. The molecule has 0 aliphatic carbocycles. The molecule has 23 heavy (non-hydrogen) atoms. The Morgan fingerprint density at radius 3 is 2.17 bits per heavy atom. The van der Waals surface area contributed by atoms with Crippen LogP contribution in [0, 0.1) is 0 Å². The molecule has 0 radical (unpaired) electrons. The van der Waals surface area contributed by atoms with Crippen molar-refractivity contribution in [1.82, 2.24) is 8.59 Å². The summed E-state index contributed by atoms with van der Waals surface area (Å²) in [4.78, 5) is 38.0. The quantitative estimate of drug-likeness (QED) is 0.141. The Hall–Kier alpha value is -0.200. The minimum atomic E-state index is -1.02. The van der Waals surface area contributed by atoms with Gasteiger partial charge in [0.05, 0.1) is 0 Å². The van der Waals surface area contributed by atoms with Gasteiger partial charge in [-0.2, -0.15) is 0 Å². The standard InChI is InChI=1S/C9H13IN2O5S2.2C2H6/c10-11-3-5-18-19-6-4-16-9(15)17-12-7(13)1-2-8(12)14;2*1-2/h11H,1-6H2;2*1-2H3. The molecule has 10 heteroatoms. The SMILES string of the molecule is CC.CC.O=C(OCCSSCCNI)ON1C(=O)CCC1=O. The van der Waals surface area contributed by atoms with E-state index in [9.17, 15) is 14.4 Å². The zero-order valence-corrected chi connectivity index (χ0v) is 17.7. The summed E-state index contributed by atoms with van der Waals surface area (Å²) < 4.78 is 7.74. The molecule has 1 rings (SSSR count). The second kappa shape index (κ2) is 18.1. The number of hydrogen-bond acceptors (Lipinski definition) is 8. The fourth-order valence-electron chi connectivity index (χ4n) is 1.12. The lowest BCUT2D eigenvalue weighted by molar-refractivity contribution is -0.176. The van der Waals surface area contributed by atoms with Gasteiger partial charge in [0.1, 0.15) is 6.61 Å². The molecule has 1 fully saturated rings. The lowest BCUT2D eigenvalue weighted by Crippen LogP contribution is -2.32. The number of rotatable bonds is 8. The van der Waals surface area contributed by atoms with Crippen molar-refractivity contribution < 1.29 is 24.0 Å².